The van der Waals surface area contributed by atoms with Crippen molar-refractivity contribution in [2.24, 2.45) is 0 Å². The molecule has 0 unspecified atom stereocenters. The van der Waals surface area contributed by atoms with Crippen molar-refractivity contribution in [3.8, 4) is 73.2 Å². The van der Waals surface area contributed by atoms with Crippen LogP contribution in [0.15, 0.2) is 223 Å². The molecule has 12 rings (SSSR count). The third kappa shape index (κ3) is 6.06. The van der Waals surface area contributed by atoms with Crippen molar-refractivity contribution in [1.29, 1.82) is 0 Å². The fourth-order valence-corrected chi connectivity index (χ4v) is 8.92. The fraction of sp³-hybridized carbons (Fsp3) is 0. The summed E-state index contributed by atoms with van der Waals surface area (Å²) in [5, 5.41) is 4.52. The van der Waals surface area contributed by atoms with Gasteiger partial charge in [-0.1, -0.05) is 170 Å². The third-order valence-electron chi connectivity index (χ3n) is 11.8. The second-order valence-electron chi connectivity index (χ2n) is 15.6. The maximum Gasteiger partial charge on any atom is 0.164 e. The fourth-order valence-electron chi connectivity index (χ4n) is 8.92. The molecule has 0 aliphatic carbocycles. The van der Waals surface area contributed by atoms with Gasteiger partial charge in [0, 0.05) is 49.4 Å². The van der Waals surface area contributed by atoms with Gasteiger partial charge in [-0.2, -0.15) is 0 Å². The number of aromatic nitrogens is 4. The maximum absolute atomic E-state index is 6.34. The molecule has 12 aromatic rings. The zero-order chi connectivity index (χ0) is 41.0. The molecule has 0 radical (unpaired) electrons. The number of para-hydroxylation sites is 2. The van der Waals surface area contributed by atoms with Gasteiger partial charge in [-0.3, -0.25) is 0 Å². The molecule has 0 saturated carbocycles. The molecule has 5 nitrogen and oxygen atoms in total. The Labute approximate surface area is 357 Å². The van der Waals surface area contributed by atoms with Crippen LogP contribution in [-0.4, -0.2) is 19.5 Å². The third-order valence-corrected chi connectivity index (χ3v) is 11.8. The van der Waals surface area contributed by atoms with Crippen LogP contribution in [0.1, 0.15) is 0 Å². The summed E-state index contributed by atoms with van der Waals surface area (Å²) >= 11 is 0. The van der Waals surface area contributed by atoms with E-state index in [2.05, 4.69) is 168 Å². The zero-order valence-corrected chi connectivity index (χ0v) is 33.5. The van der Waals surface area contributed by atoms with Gasteiger partial charge >= 0.3 is 0 Å². The Morgan fingerprint density at radius 2 is 0.774 bits per heavy atom. The van der Waals surface area contributed by atoms with E-state index < -0.39 is 0 Å². The molecular formula is C57H36N4O. The highest BCUT2D eigenvalue weighted by atomic mass is 16.3. The van der Waals surface area contributed by atoms with Crippen molar-refractivity contribution in [2.75, 3.05) is 0 Å². The largest absolute Gasteiger partial charge is 0.456 e. The van der Waals surface area contributed by atoms with Gasteiger partial charge in [0.1, 0.15) is 11.2 Å². The first-order chi connectivity index (χ1) is 30.7. The van der Waals surface area contributed by atoms with Crippen LogP contribution in [-0.2, 0) is 0 Å². The lowest BCUT2D eigenvalue weighted by Crippen LogP contribution is -2.04. The van der Waals surface area contributed by atoms with Gasteiger partial charge in [-0.25, -0.2) is 15.0 Å². The summed E-state index contributed by atoms with van der Waals surface area (Å²) in [6.07, 6.45) is 0. The van der Waals surface area contributed by atoms with Crippen molar-refractivity contribution in [3.63, 3.8) is 0 Å². The van der Waals surface area contributed by atoms with Crippen molar-refractivity contribution < 1.29 is 4.42 Å². The number of hydrogen-bond acceptors (Lipinski definition) is 4. The first-order valence-corrected chi connectivity index (χ1v) is 20.8. The van der Waals surface area contributed by atoms with Gasteiger partial charge in [0.25, 0.3) is 0 Å². The highest BCUT2D eigenvalue weighted by Gasteiger charge is 2.23. The lowest BCUT2D eigenvalue weighted by molar-refractivity contribution is 0.669. The highest BCUT2D eigenvalue weighted by molar-refractivity contribution is 6.12. The summed E-state index contributed by atoms with van der Waals surface area (Å²) in [5.41, 5.74) is 14.3. The van der Waals surface area contributed by atoms with Crippen molar-refractivity contribution in [1.82, 2.24) is 19.5 Å². The molecule has 9 aromatic carbocycles. The van der Waals surface area contributed by atoms with E-state index in [9.17, 15) is 0 Å². The van der Waals surface area contributed by atoms with Crippen molar-refractivity contribution in [3.05, 3.63) is 218 Å². The summed E-state index contributed by atoms with van der Waals surface area (Å²) in [6, 6.07) is 76.5. The van der Waals surface area contributed by atoms with Crippen molar-refractivity contribution in [2.45, 2.75) is 0 Å². The number of fused-ring (bicyclic) bond motifs is 6. The Morgan fingerprint density at radius 1 is 0.290 bits per heavy atom. The summed E-state index contributed by atoms with van der Waals surface area (Å²) in [7, 11) is 0. The van der Waals surface area contributed by atoms with Crippen LogP contribution in [0.3, 0.4) is 0 Å². The number of rotatable bonds is 7. The number of nitrogens with zero attached hydrogens (tertiary/aromatic N) is 4. The zero-order valence-electron chi connectivity index (χ0n) is 33.5. The predicted octanol–water partition coefficient (Wildman–Crippen LogP) is 14.9. The molecule has 0 amide bonds. The van der Waals surface area contributed by atoms with Crippen LogP contribution in [0.5, 0.6) is 0 Å². The molecule has 0 fully saturated rings. The van der Waals surface area contributed by atoms with Crippen LogP contribution >= 0.6 is 0 Å². The number of hydrogen-bond donors (Lipinski definition) is 0. The van der Waals surface area contributed by atoms with E-state index in [1.54, 1.807) is 0 Å². The highest BCUT2D eigenvalue weighted by Crippen LogP contribution is 2.44. The van der Waals surface area contributed by atoms with E-state index in [-0.39, 0.29) is 0 Å². The molecule has 0 spiro atoms. The van der Waals surface area contributed by atoms with Crippen LogP contribution in [0.25, 0.3) is 117 Å². The van der Waals surface area contributed by atoms with Crippen LogP contribution in [0, 0.1) is 0 Å². The minimum Gasteiger partial charge on any atom is -0.456 e. The van der Waals surface area contributed by atoms with E-state index in [0.29, 0.717) is 17.5 Å². The van der Waals surface area contributed by atoms with Gasteiger partial charge in [-0.05, 0) is 70.8 Å². The van der Waals surface area contributed by atoms with Gasteiger partial charge in [0.15, 0.2) is 17.5 Å². The van der Waals surface area contributed by atoms with Crippen molar-refractivity contribution >= 4 is 43.7 Å². The minimum atomic E-state index is 0.569. The Hall–Kier alpha value is -8.41. The van der Waals surface area contributed by atoms with E-state index in [1.807, 2.05) is 54.6 Å². The average Bonchev–Trinajstić information content (AvgIpc) is 3.89. The van der Waals surface area contributed by atoms with Crippen LogP contribution in [0.2, 0.25) is 0 Å². The Kier molecular flexibility index (Phi) is 8.42. The lowest BCUT2D eigenvalue weighted by atomic mass is 9.92. The van der Waals surface area contributed by atoms with Crippen LogP contribution in [0.4, 0.5) is 0 Å². The van der Waals surface area contributed by atoms with E-state index in [0.717, 1.165) is 77.6 Å². The first-order valence-electron chi connectivity index (χ1n) is 20.8. The molecule has 3 aromatic heterocycles. The first kappa shape index (κ1) is 35.5. The monoisotopic (exact) mass is 792 g/mol. The Morgan fingerprint density at radius 3 is 1.44 bits per heavy atom. The van der Waals surface area contributed by atoms with Gasteiger partial charge in [0.05, 0.1) is 16.7 Å². The quantitative estimate of drug-likeness (QED) is 0.161. The van der Waals surface area contributed by atoms with Gasteiger partial charge < -0.3 is 8.98 Å². The molecule has 3 heterocycles. The smallest absolute Gasteiger partial charge is 0.164 e. The SMILES string of the molecule is c1ccc(-c2ccc3c(c2)c2ccccc2n3-c2c(-c3ccccc3)cc(-c3nc(-c4ccccc4)nc(-c4ccc5c(c4)oc4ccccc45)n3)cc2-c2ccccc2)cc1. The van der Waals surface area contributed by atoms with E-state index in [1.165, 1.54) is 21.9 Å². The molecule has 0 aliphatic rings. The minimum absolute atomic E-state index is 0.569. The Bertz CT molecular complexity index is 3550. The summed E-state index contributed by atoms with van der Waals surface area (Å²) in [4.78, 5) is 15.6. The molecule has 0 atom stereocenters. The van der Waals surface area contributed by atoms with Gasteiger partial charge in [-0.15, -0.1) is 0 Å². The molecule has 0 aliphatic heterocycles. The van der Waals surface area contributed by atoms with Gasteiger partial charge in [0.2, 0.25) is 0 Å². The number of furan rings is 1. The maximum atomic E-state index is 6.34. The molecule has 62 heavy (non-hydrogen) atoms. The normalized spacial score (nSPS) is 11.5. The molecule has 0 saturated heterocycles. The second kappa shape index (κ2) is 14.7. The second-order valence-corrected chi connectivity index (χ2v) is 15.6. The van der Waals surface area contributed by atoms with Crippen LogP contribution < -0.4 is 0 Å². The predicted molar refractivity (Wildman–Crippen MR) is 254 cm³/mol. The number of benzene rings is 9. The standard InChI is InChI=1S/C57H36N4O/c1-5-17-37(18-6-1)41-30-32-51-49(33-41)44-25-13-15-27-50(44)61(51)54-47(38-19-7-2-8-20-38)34-43(35-48(54)39-21-9-3-10-22-39)57-59-55(40-23-11-4-12-24-40)58-56(60-57)42-29-31-46-45-26-14-16-28-52(45)62-53(46)36-42/h1-36H. The summed E-state index contributed by atoms with van der Waals surface area (Å²) in [6.45, 7) is 0. The topological polar surface area (TPSA) is 56.7 Å². The average molecular weight is 793 g/mol. The molecule has 0 bridgehead atoms. The molecule has 5 heteroatoms. The lowest BCUT2D eigenvalue weighted by Gasteiger charge is -2.21. The molecule has 0 N–H and O–H groups in total. The van der Waals surface area contributed by atoms with E-state index >= 15 is 0 Å². The molecular weight excluding hydrogens is 757 g/mol. The Balaban J connectivity index is 1.14. The van der Waals surface area contributed by atoms with E-state index in [4.69, 9.17) is 19.4 Å². The summed E-state index contributed by atoms with van der Waals surface area (Å²) < 4.78 is 8.79. The molecule has 290 valence electrons. The summed E-state index contributed by atoms with van der Waals surface area (Å²) in [5.74, 6) is 1.74.